The average molecular weight is 462 g/mol. The van der Waals surface area contributed by atoms with Gasteiger partial charge in [-0.25, -0.2) is 0 Å². The van der Waals surface area contributed by atoms with Crippen LogP contribution in [0.5, 0.6) is 17.2 Å². The fraction of sp³-hybridized carbons (Fsp3) is 0.115. The van der Waals surface area contributed by atoms with Gasteiger partial charge in [-0.15, -0.1) is 0 Å². The zero-order valence-corrected chi connectivity index (χ0v) is 18.8. The van der Waals surface area contributed by atoms with Gasteiger partial charge in [0.05, 0.1) is 11.9 Å². The largest absolute Gasteiger partial charge is 0.457 e. The number of rotatable bonds is 5. The van der Waals surface area contributed by atoms with E-state index in [1.54, 1.807) is 36.5 Å². The van der Waals surface area contributed by atoms with Gasteiger partial charge in [-0.3, -0.25) is 9.78 Å². The van der Waals surface area contributed by atoms with Gasteiger partial charge in [0, 0.05) is 16.6 Å². The van der Waals surface area contributed by atoms with Gasteiger partial charge in [-0.2, -0.15) is 9.59 Å². The van der Waals surface area contributed by atoms with Gasteiger partial charge in [-0.1, -0.05) is 35.9 Å². The lowest BCUT2D eigenvalue weighted by atomic mass is 10.1. The second kappa shape index (κ2) is 11.0. The molecule has 0 spiro atoms. The zero-order chi connectivity index (χ0) is 23.8. The highest BCUT2D eigenvalue weighted by Crippen LogP contribution is 2.32. The molecule has 6 nitrogen and oxygen atoms in total. The lowest BCUT2D eigenvalue weighted by Gasteiger charge is -2.12. The van der Waals surface area contributed by atoms with Gasteiger partial charge >= 0.3 is 12.1 Å². The number of halogens is 1. The third-order valence-electron chi connectivity index (χ3n) is 4.88. The standard InChI is InChI=1S/C25H20ClNO3.CO2/c1-16-12-21-23(13-17(16)2)27-11-10-24(21)29-20-9-8-18(22(26)15-20)14-25(28)30-19-6-4-3-5-7-19;2-1-3/h3-13,15H,14H2,1-2H3;. The fourth-order valence-corrected chi connectivity index (χ4v) is 3.38. The van der Waals surface area contributed by atoms with E-state index in [0.717, 1.165) is 10.9 Å². The maximum absolute atomic E-state index is 12.2. The predicted octanol–water partition coefficient (Wildman–Crippen LogP) is 5.86. The number of aromatic nitrogens is 1. The van der Waals surface area contributed by atoms with Crippen LogP contribution in [-0.4, -0.2) is 17.1 Å². The van der Waals surface area contributed by atoms with Crippen molar-refractivity contribution < 1.29 is 23.9 Å². The molecule has 1 heterocycles. The molecular formula is C26H20ClNO5. The van der Waals surface area contributed by atoms with Crippen molar-refractivity contribution in [1.82, 2.24) is 4.98 Å². The number of ether oxygens (including phenoxy) is 2. The highest BCUT2D eigenvalue weighted by Gasteiger charge is 2.12. The van der Waals surface area contributed by atoms with Crippen molar-refractivity contribution in [2.45, 2.75) is 20.3 Å². The van der Waals surface area contributed by atoms with Crippen molar-refractivity contribution in [3.05, 3.63) is 94.6 Å². The highest BCUT2D eigenvalue weighted by molar-refractivity contribution is 6.31. The highest BCUT2D eigenvalue weighted by atomic mass is 35.5. The number of fused-ring (bicyclic) bond motifs is 1. The molecule has 0 bridgehead atoms. The molecule has 0 radical (unpaired) electrons. The number of carbonyl (C=O) groups excluding carboxylic acids is 3. The number of carbonyl (C=O) groups is 1. The molecular weight excluding hydrogens is 442 g/mol. The topological polar surface area (TPSA) is 82.6 Å². The van der Waals surface area contributed by atoms with E-state index in [9.17, 15) is 4.79 Å². The molecule has 0 N–H and O–H groups in total. The van der Waals surface area contributed by atoms with Crippen LogP contribution in [0.4, 0.5) is 0 Å². The van der Waals surface area contributed by atoms with E-state index < -0.39 is 0 Å². The number of hydrogen-bond acceptors (Lipinski definition) is 6. The summed E-state index contributed by atoms with van der Waals surface area (Å²) in [5.41, 5.74) is 3.91. The molecule has 0 saturated heterocycles. The second-order valence-corrected chi connectivity index (χ2v) is 7.57. The third-order valence-corrected chi connectivity index (χ3v) is 5.23. The van der Waals surface area contributed by atoms with Gasteiger partial charge in [0.2, 0.25) is 0 Å². The fourth-order valence-electron chi connectivity index (χ4n) is 3.14. The van der Waals surface area contributed by atoms with Crippen molar-refractivity contribution >= 4 is 34.6 Å². The first kappa shape index (κ1) is 23.7. The Morgan fingerprint density at radius 2 is 1.64 bits per heavy atom. The van der Waals surface area contributed by atoms with E-state index in [2.05, 4.69) is 24.9 Å². The molecule has 0 fully saturated rings. The van der Waals surface area contributed by atoms with Gasteiger partial charge in [0.1, 0.15) is 17.2 Å². The average Bonchev–Trinajstić information content (AvgIpc) is 2.78. The van der Waals surface area contributed by atoms with E-state index in [0.29, 0.717) is 27.8 Å². The molecule has 0 aliphatic heterocycles. The number of aryl methyl sites for hydroxylation is 2. The van der Waals surface area contributed by atoms with Crippen LogP contribution in [0.3, 0.4) is 0 Å². The number of hydrogen-bond donors (Lipinski definition) is 0. The van der Waals surface area contributed by atoms with E-state index in [4.69, 9.17) is 30.7 Å². The molecule has 4 rings (SSSR count). The maximum Gasteiger partial charge on any atom is 0.373 e. The van der Waals surface area contributed by atoms with E-state index in [1.165, 1.54) is 11.1 Å². The summed E-state index contributed by atoms with van der Waals surface area (Å²) in [7, 11) is 0. The molecule has 0 saturated carbocycles. The molecule has 0 atom stereocenters. The van der Waals surface area contributed by atoms with Gasteiger partial charge < -0.3 is 9.47 Å². The summed E-state index contributed by atoms with van der Waals surface area (Å²) in [5.74, 6) is 1.43. The van der Waals surface area contributed by atoms with Gasteiger partial charge in [-0.05, 0) is 73.0 Å². The first-order valence-electron chi connectivity index (χ1n) is 9.98. The molecule has 33 heavy (non-hydrogen) atoms. The Morgan fingerprint density at radius 1 is 0.939 bits per heavy atom. The molecule has 7 heteroatoms. The first-order chi connectivity index (χ1) is 15.9. The quantitative estimate of drug-likeness (QED) is 0.273. The van der Waals surface area contributed by atoms with Crippen LogP contribution in [0, 0.1) is 13.8 Å². The monoisotopic (exact) mass is 461 g/mol. The van der Waals surface area contributed by atoms with Crippen molar-refractivity contribution in [2.24, 2.45) is 0 Å². The summed E-state index contributed by atoms with van der Waals surface area (Å²) >= 11 is 6.41. The van der Waals surface area contributed by atoms with Crippen LogP contribution < -0.4 is 9.47 Å². The van der Waals surface area contributed by atoms with E-state index in [-0.39, 0.29) is 18.5 Å². The Hall–Kier alpha value is -3.99. The normalized spacial score (nSPS) is 10.0. The molecule has 1 aromatic heterocycles. The minimum absolute atomic E-state index is 0.0741. The molecule has 166 valence electrons. The smallest absolute Gasteiger partial charge is 0.373 e. The van der Waals surface area contributed by atoms with Crippen molar-refractivity contribution in [2.75, 3.05) is 0 Å². The molecule has 0 aliphatic rings. The first-order valence-corrected chi connectivity index (χ1v) is 10.4. The summed E-state index contributed by atoms with van der Waals surface area (Å²) in [5, 5.41) is 1.38. The van der Waals surface area contributed by atoms with Crippen molar-refractivity contribution in [3.8, 4) is 17.2 Å². The zero-order valence-electron chi connectivity index (χ0n) is 18.0. The second-order valence-electron chi connectivity index (χ2n) is 7.17. The SMILES string of the molecule is Cc1cc2nccc(Oc3ccc(CC(=O)Oc4ccccc4)c(Cl)c3)c2cc1C.O=C=O. The molecule has 0 unspecified atom stereocenters. The Labute approximate surface area is 195 Å². The Balaban J connectivity index is 0.000000968. The number of esters is 1. The van der Waals surface area contributed by atoms with Crippen LogP contribution in [0.2, 0.25) is 5.02 Å². The minimum atomic E-state index is -0.372. The summed E-state index contributed by atoms with van der Waals surface area (Å²) in [6.07, 6.45) is 2.05. The maximum atomic E-state index is 12.2. The lowest BCUT2D eigenvalue weighted by Crippen LogP contribution is -2.11. The van der Waals surface area contributed by atoms with Crippen molar-refractivity contribution in [3.63, 3.8) is 0 Å². The van der Waals surface area contributed by atoms with Crippen LogP contribution in [0.25, 0.3) is 10.9 Å². The van der Waals surface area contributed by atoms with E-state index in [1.807, 2.05) is 30.3 Å². The molecule has 0 amide bonds. The lowest BCUT2D eigenvalue weighted by molar-refractivity contribution is -0.191. The molecule has 4 aromatic rings. The molecule has 3 aromatic carbocycles. The summed E-state index contributed by atoms with van der Waals surface area (Å²) in [6, 6.07) is 20.2. The van der Waals surface area contributed by atoms with Crippen LogP contribution in [0.1, 0.15) is 16.7 Å². The van der Waals surface area contributed by atoms with Crippen LogP contribution in [0.15, 0.2) is 72.9 Å². The minimum Gasteiger partial charge on any atom is -0.457 e. The van der Waals surface area contributed by atoms with Gasteiger partial charge in [0.25, 0.3) is 0 Å². The summed E-state index contributed by atoms with van der Waals surface area (Å²) in [6.45, 7) is 4.12. The Morgan fingerprint density at radius 3 is 2.33 bits per heavy atom. The van der Waals surface area contributed by atoms with Crippen molar-refractivity contribution in [1.29, 1.82) is 0 Å². The number of pyridine rings is 1. The molecule has 0 aliphatic carbocycles. The summed E-state index contributed by atoms with van der Waals surface area (Å²) in [4.78, 5) is 32.9. The predicted molar refractivity (Wildman–Crippen MR) is 124 cm³/mol. The van der Waals surface area contributed by atoms with E-state index >= 15 is 0 Å². The van der Waals surface area contributed by atoms with Crippen LogP contribution in [-0.2, 0) is 20.8 Å². The Bertz CT molecular complexity index is 1320. The third kappa shape index (κ3) is 6.26. The number of benzene rings is 3. The van der Waals surface area contributed by atoms with Gasteiger partial charge in [0.15, 0.2) is 0 Å². The Kier molecular flexibility index (Phi) is 7.92. The summed E-state index contributed by atoms with van der Waals surface area (Å²) < 4.78 is 11.4. The number of nitrogens with zero attached hydrogens (tertiary/aromatic N) is 1. The van der Waals surface area contributed by atoms with Crippen LogP contribution >= 0.6 is 11.6 Å². The number of para-hydroxylation sites is 1.